The SMILES string of the molecule is Cc1ccc(S(=O)(=O)NC(C)C(=O)Nc2ccc(F)c(F)c2)cc1. The Kier molecular flexibility index (Phi) is 5.30. The molecule has 24 heavy (non-hydrogen) atoms. The van der Waals surface area contributed by atoms with Gasteiger partial charge in [0.15, 0.2) is 11.6 Å². The largest absolute Gasteiger partial charge is 0.325 e. The van der Waals surface area contributed by atoms with Gasteiger partial charge >= 0.3 is 0 Å². The highest BCUT2D eigenvalue weighted by Crippen LogP contribution is 2.14. The number of halogens is 2. The number of aryl methyl sites for hydroxylation is 1. The number of nitrogens with one attached hydrogen (secondary N) is 2. The van der Waals surface area contributed by atoms with E-state index in [9.17, 15) is 22.0 Å². The van der Waals surface area contributed by atoms with E-state index >= 15 is 0 Å². The molecule has 0 bridgehead atoms. The van der Waals surface area contributed by atoms with Gasteiger partial charge in [-0.3, -0.25) is 4.79 Å². The fourth-order valence-corrected chi connectivity index (χ4v) is 3.10. The minimum atomic E-state index is -3.87. The first-order chi connectivity index (χ1) is 11.2. The molecule has 1 unspecified atom stereocenters. The molecule has 0 heterocycles. The summed E-state index contributed by atoms with van der Waals surface area (Å²) >= 11 is 0. The molecular weight excluding hydrogens is 338 g/mol. The number of carbonyl (C=O) groups is 1. The fraction of sp³-hybridized carbons (Fsp3) is 0.188. The van der Waals surface area contributed by atoms with Crippen molar-refractivity contribution in [3.63, 3.8) is 0 Å². The summed E-state index contributed by atoms with van der Waals surface area (Å²) in [7, 11) is -3.87. The van der Waals surface area contributed by atoms with Crippen molar-refractivity contribution in [1.82, 2.24) is 4.72 Å². The molecule has 128 valence electrons. The molecule has 0 aliphatic heterocycles. The van der Waals surface area contributed by atoms with Crippen LogP contribution in [0, 0.1) is 18.6 Å². The lowest BCUT2D eigenvalue weighted by Gasteiger charge is -2.14. The van der Waals surface area contributed by atoms with Crippen molar-refractivity contribution in [2.24, 2.45) is 0 Å². The van der Waals surface area contributed by atoms with Gasteiger partial charge < -0.3 is 5.32 Å². The molecule has 1 atom stereocenters. The third kappa shape index (κ3) is 4.36. The minimum absolute atomic E-state index is 0.0280. The van der Waals surface area contributed by atoms with Crippen LogP contribution in [0.3, 0.4) is 0 Å². The quantitative estimate of drug-likeness (QED) is 0.867. The minimum Gasteiger partial charge on any atom is -0.325 e. The maximum absolute atomic E-state index is 13.1. The molecule has 0 spiro atoms. The maximum Gasteiger partial charge on any atom is 0.242 e. The Morgan fingerprint density at radius 1 is 1.04 bits per heavy atom. The van der Waals surface area contributed by atoms with E-state index in [2.05, 4.69) is 10.0 Å². The second-order valence-corrected chi connectivity index (χ2v) is 6.99. The summed E-state index contributed by atoms with van der Waals surface area (Å²) in [5.74, 6) is -2.85. The van der Waals surface area contributed by atoms with Crippen LogP contribution in [0.2, 0.25) is 0 Å². The third-order valence-corrected chi connectivity index (χ3v) is 4.80. The monoisotopic (exact) mass is 354 g/mol. The highest BCUT2D eigenvalue weighted by Gasteiger charge is 2.22. The van der Waals surface area contributed by atoms with Crippen LogP contribution in [0.4, 0.5) is 14.5 Å². The van der Waals surface area contributed by atoms with E-state index in [1.165, 1.54) is 25.1 Å². The van der Waals surface area contributed by atoms with E-state index in [4.69, 9.17) is 0 Å². The summed E-state index contributed by atoms with van der Waals surface area (Å²) in [6, 6.07) is 7.89. The van der Waals surface area contributed by atoms with Crippen molar-refractivity contribution in [3.05, 3.63) is 59.7 Å². The number of sulfonamides is 1. The molecule has 2 aromatic rings. The number of benzene rings is 2. The summed E-state index contributed by atoms with van der Waals surface area (Å²) in [5.41, 5.74) is 0.929. The zero-order valence-corrected chi connectivity index (χ0v) is 13.8. The summed E-state index contributed by atoms with van der Waals surface area (Å²) in [5, 5.41) is 2.32. The Morgan fingerprint density at radius 2 is 1.67 bits per heavy atom. The lowest BCUT2D eigenvalue weighted by atomic mass is 10.2. The molecular formula is C16H16F2N2O3S. The van der Waals surface area contributed by atoms with Crippen LogP contribution in [0.1, 0.15) is 12.5 Å². The van der Waals surface area contributed by atoms with E-state index in [0.717, 1.165) is 17.7 Å². The molecule has 2 aromatic carbocycles. The van der Waals surface area contributed by atoms with Crippen molar-refractivity contribution in [3.8, 4) is 0 Å². The lowest BCUT2D eigenvalue weighted by Crippen LogP contribution is -2.41. The summed E-state index contributed by atoms with van der Waals surface area (Å²) in [6.07, 6.45) is 0. The normalized spacial score (nSPS) is 12.7. The lowest BCUT2D eigenvalue weighted by molar-refractivity contribution is -0.117. The molecule has 2 rings (SSSR count). The molecule has 0 aromatic heterocycles. The smallest absolute Gasteiger partial charge is 0.242 e. The number of hydrogen-bond donors (Lipinski definition) is 2. The predicted octanol–water partition coefficient (Wildman–Crippen LogP) is 2.58. The van der Waals surface area contributed by atoms with Crippen LogP contribution in [-0.4, -0.2) is 20.4 Å². The van der Waals surface area contributed by atoms with Crippen molar-refractivity contribution in [1.29, 1.82) is 0 Å². The first kappa shape index (κ1) is 18.0. The Bertz CT molecular complexity index is 852. The van der Waals surface area contributed by atoms with Gasteiger partial charge in [-0.1, -0.05) is 17.7 Å². The van der Waals surface area contributed by atoms with E-state index in [1.54, 1.807) is 12.1 Å². The second-order valence-electron chi connectivity index (χ2n) is 5.27. The van der Waals surface area contributed by atoms with E-state index < -0.39 is 33.6 Å². The Hall–Kier alpha value is -2.32. The topological polar surface area (TPSA) is 75.3 Å². The molecule has 2 N–H and O–H groups in total. The average Bonchev–Trinajstić information content (AvgIpc) is 2.51. The molecule has 0 aliphatic rings. The number of carbonyl (C=O) groups excluding carboxylic acids is 1. The summed E-state index contributed by atoms with van der Waals surface area (Å²) < 4.78 is 52.6. The zero-order valence-electron chi connectivity index (χ0n) is 13.0. The van der Waals surface area contributed by atoms with E-state index in [-0.39, 0.29) is 10.6 Å². The van der Waals surface area contributed by atoms with Gasteiger partial charge in [0.2, 0.25) is 15.9 Å². The second kappa shape index (κ2) is 7.06. The number of rotatable bonds is 5. The van der Waals surface area contributed by atoms with Crippen molar-refractivity contribution in [2.45, 2.75) is 24.8 Å². The van der Waals surface area contributed by atoms with Gasteiger partial charge in [-0.25, -0.2) is 17.2 Å². The average molecular weight is 354 g/mol. The fourth-order valence-electron chi connectivity index (χ4n) is 1.90. The Morgan fingerprint density at radius 3 is 2.25 bits per heavy atom. The molecule has 0 saturated carbocycles. The van der Waals surface area contributed by atoms with Crippen LogP contribution < -0.4 is 10.0 Å². The van der Waals surface area contributed by atoms with Gasteiger partial charge in [0.25, 0.3) is 0 Å². The molecule has 5 nitrogen and oxygen atoms in total. The van der Waals surface area contributed by atoms with Crippen molar-refractivity contribution >= 4 is 21.6 Å². The Balaban J connectivity index is 2.07. The highest BCUT2D eigenvalue weighted by atomic mass is 32.2. The molecule has 0 aliphatic carbocycles. The molecule has 1 amide bonds. The van der Waals surface area contributed by atoms with Crippen LogP contribution in [0.15, 0.2) is 47.4 Å². The molecule has 8 heteroatoms. The van der Waals surface area contributed by atoms with Gasteiger partial charge in [-0.2, -0.15) is 4.72 Å². The van der Waals surface area contributed by atoms with Crippen molar-refractivity contribution < 1.29 is 22.0 Å². The predicted molar refractivity (Wildman–Crippen MR) is 86.0 cm³/mol. The third-order valence-electron chi connectivity index (χ3n) is 3.24. The first-order valence-electron chi connectivity index (χ1n) is 7.04. The summed E-state index contributed by atoms with van der Waals surface area (Å²) in [4.78, 5) is 12.0. The van der Waals surface area contributed by atoms with Crippen molar-refractivity contribution in [2.75, 3.05) is 5.32 Å². The van der Waals surface area contributed by atoms with Crippen LogP contribution in [0.5, 0.6) is 0 Å². The summed E-state index contributed by atoms with van der Waals surface area (Å²) in [6.45, 7) is 3.17. The zero-order chi connectivity index (χ0) is 17.9. The first-order valence-corrected chi connectivity index (χ1v) is 8.52. The highest BCUT2D eigenvalue weighted by molar-refractivity contribution is 7.89. The molecule has 0 fully saturated rings. The molecule has 0 saturated heterocycles. The maximum atomic E-state index is 13.1. The van der Waals surface area contributed by atoms with Crippen LogP contribution >= 0.6 is 0 Å². The van der Waals surface area contributed by atoms with Gasteiger partial charge in [0, 0.05) is 11.8 Å². The number of amides is 1. The van der Waals surface area contributed by atoms with E-state index in [1.807, 2.05) is 6.92 Å². The van der Waals surface area contributed by atoms with Crippen LogP contribution in [-0.2, 0) is 14.8 Å². The van der Waals surface area contributed by atoms with Gasteiger partial charge in [0.05, 0.1) is 10.9 Å². The number of anilines is 1. The number of hydrogen-bond acceptors (Lipinski definition) is 3. The standard InChI is InChI=1S/C16H16F2N2O3S/c1-10-3-6-13(7-4-10)24(22,23)20-11(2)16(21)19-12-5-8-14(17)15(18)9-12/h3-9,11,20H,1-2H3,(H,19,21). The van der Waals surface area contributed by atoms with Gasteiger partial charge in [0.1, 0.15) is 0 Å². The van der Waals surface area contributed by atoms with E-state index in [0.29, 0.717) is 0 Å². The van der Waals surface area contributed by atoms with Gasteiger partial charge in [-0.05, 0) is 38.1 Å². The van der Waals surface area contributed by atoms with Gasteiger partial charge in [-0.15, -0.1) is 0 Å². The van der Waals surface area contributed by atoms with Crippen LogP contribution in [0.25, 0.3) is 0 Å². The molecule has 0 radical (unpaired) electrons. The Labute approximate surface area is 138 Å².